The van der Waals surface area contributed by atoms with Crippen LogP contribution in [-0.2, 0) is 11.4 Å². The second-order valence-electron chi connectivity index (χ2n) is 7.18. The highest BCUT2D eigenvalue weighted by Crippen LogP contribution is 2.32. The van der Waals surface area contributed by atoms with E-state index in [9.17, 15) is 9.59 Å². The van der Waals surface area contributed by atoms with Crippen molar-refractivity contribution in [1.82, 2.24) is 4.90 Å². The molecule has 3 aromatic carbocycles. The molecule has 3 aromatic rings. The van der Waals surface area contributed by atoms with Gasteiger partial charge in [-0.05, 0) is 58.3 Å². The zero-order chi connectivity index (χ0) is 20.9. The third-order valence-electron chi connectivity index (χ3n) is 5.06. The van der Waals surface area contributed by atoms with E-state index in [0.717, 1.165) is 41.5 Å². The summed E-state index contributed by atoms with van der Waals surface area (Å²) in [5.74, 6) is 0.561. The molecule has 1 fully saturated rings. The normalized spacial score (nSPS) is 15.4. The molecule has 1 aliphatic rings. The fraction of sp³-hybridized carbons (Fsp3) is 0.200. The fourth-order valence-electron chi connectivity index (χ4n) is 3.40. The molecule has 2 amide bonds. The van der Waals surface area contributed by atoms with E-state index in [1.54, 1.807) is 6.08 Å². The number of carbonyl (C=O) groups is 2. The van der Waals surface area contributed by atoms with Crippen molar-refractivity contribution in [3.05, 3.63) is 82.8 Å². The molecule has 1 heterocycles. The van der Waals surface area contributed by atoms with Crippen molar-refractivity contribution in [3.8, 4) is 5.75 Å². The maximum Gasteiger partial charge on any atom is 0.293 e. The van der Waals surface area contributed by atoms with Crippen LogP contribution in [0.5, 0.6) is 5.75 Å². The minimum atomic E-state index is -0.199. The lowest BCUT2D eigenvalue weighted by Crippen LogP contribution is -2.29. The first-order valence-corrected chi connectivity index (χ1v) is 10.9. The number of unbranched alkanes of at least 4 members (excludes halogenated alkanes) is 1. The van der Waals surface area contributed by atoms with Gasteiger partial charge in [-0.3, -0.25) is 14.5 Å². The molecule has 4 rings (SSSR count). The summed E-state index contributed by atoms with van der Waals surface area (Å²) >= 11 is 1.01. The molecule has 0 N–H and O–H groups in total. The van der Waals surface area contributed by atoms with Crippen molar-refractivity contribution in [2.75, 3.05) is 6.54 Å². The summed E-state index contributed by atoms with van der Waals surface area (Å²) in [7, 11) is 0. The number of amides is 2. The smallest absolute Gasteiger partial charge is 0.293 e. The fourth-order valence-corrected chi connectivity index (χ4v) is 4.27. The summed E-state index contributed by atoms with van der Waals surface area (Å²) in [6.45, 7) is 3.01. The second kappa shape index (κ2) is 9.18. The number of nitrogens with zero attached hydrogens (tertiary/aromatic N) is 1. The quantitative estimate of drug-likeness (QED) is 0.426. The van der Waals surface area contributed by atoms with Crippen LogP contribution in [0.1, 0.15) is 30.9 Å². The van der Waals surface area contributed by atoms with Crippen molar-refractivity contribution in [1.29, 1.82) is 0 Å². The Bertz CT molecular complexity index is 1100. The highest BCUT2D eigenvalue weighted by molar-refractivity contribution is 8.18. The third kappa shape index (κ3) is 4.41. The molecule has 0 atom stereocenters. The second-order valence-corrected chi connectivity index (χ2v) is 8.18. The lowest BCUT2D eigenvalue weighted by atomic mass is 10.1. The van der Waals surface area contributed by atoms with E-state index < -0.39 is 0 Å². The Balaban J connectivity index is 1.42. The molecule has 0 spiro atoms. The van der Waals surface area contributed by atoms with Crippen molar-refractivity contribution in [2.24, 2.45) is 0 Å². The summed E-state index contributed by atoms with van der Waals surface area (Å²) in [6.07, 6.45) is 3.54. The molecule has 0 radical (unpaired) electrons. The van der Waals surface area contributed by atoms with Crippen LogP contribution in [0.3, 0.4) is 0 Å². The summed E-state index contributed by atoms with van der Waals surface area (Å²) in [5, 5.41) is 2.20. The molecule has 30 heavy (non-hydrogen) atoms. The van der Waals surface area contributed by atoms with Crippen LogP contribution in [0.15, 0.2) is 71.6 Å². The van der Waals surface area contributed by atoms with Crippen molar-refractivity contribution in [2.45, 2.75) is 26.4 Å². The van der Waals surface area contributed by atoms with E-state index >= 15 is 0 Å². The van der Waals surface area contributed by atoms with Gasteiger partial charge >= 0.3 is 0 Å². The standard InChI is InChI=1S/C25H23NO3S/c1-2-3-15-26-24(27)23(30-25(26)28)16-18-11-13-21(14-12-18)29-17-20-9-6-8-19-7-4-5-10-22(19)20/h4-14,16H,2-3,15,17H2,1H3/b23-16-. The number of carbonyl (C=O) groups excluding carboxylic acids is 2. The van der Waals surface area contributed by atoms with Crippen molar-refractivity contribution < 1.29 is 14.3 Å². The van der Waals surface area contributed by atoms with E-state index in [1.807, 2.05) is 49.4 Å². The Hall–Kier alpha value is -3.05. The molecule has 0 aliphatic carbocycles. The van der Waals surface area contributed by atoms with Gasteiger partial charge in [0, 0.05) is 6.54 Å². The maximum atomic E-state index is 12.5. The third-order valence-corrected chi connectivity index (χ3v) is 5.97. The first-order chi connectivity index (χ1) is 14.7. The van der Waals surface area contributed by atoms with Gasteiger partial charge in [0.05, 0.1) is 4.91 Å². The van der Waals surface area contributed by atoms with Crippen LogP contribution in [0.2, 0.25) is 0 Å². The predicted octanol–water partition coefficient (Wildman–Crippen LogP) is 6.26. The van der Waals surface area contributed by atoms with Gasteiger partial charge in [0.15, 0.2) is 0 Å². The number of rotatable bonds is 7. The van der Waals surface area contributed by atoms with Crippen LogP contribution in [-0.4, -0.2) is 22.6 Å². The monoisotopic (exact) mass is 417 g/mol. The molecule has 5 heteroatoms. The summed E-state index contributed by atoms with van der Waals surface area (Å²) in [4.78, 5) is 26.3. The zero-order valence-corrected chi connectivity index (χ0v) is 17.7. The molecule has 0 unspecified atom stereocenters. The Labute approximate surface area is 180 Å². The minimum absolute atomic E-state index is 0.185. The number of hydrogen-bond acceptors (Lipinski definition) is 4. The van der Waals surface area contributed by atoms with E-state index in [4.69, 9.17) is 4.74 Å². The van der Waals surface area contributed by atoms with Crippen LogP contribution >= 0.6 is 11.8 Å². The van der Waals surface area contributed by atoms with E-state index in [-0.39, 0.29) is 11.1 Å². The lowest BCUT2D eigenvalue weighted by molar-refractivity contribution is -0.122. The van der Waals surface area contributed by atoms with Gasteiger partial charge < -0.3 is 4.74 Å². The summed E-state index contributed by atoms with van der Waals surface area (Å²) in [5.41, 5.74) is 2.01. The maximum absolute atomic E-state index is 12.5. The average molecular weight is 418 g/mol. The van der Waals surface area contributed by atoms with Gasteiger partial charge in [-0.2, -0.15) is 0 Å². The number of fused-ring (bicyclic) bond motifs is 1. The number of ether oxygens (including phenoxy) is 1. The van der Waals surface area contributed by atoms with E-state index in [1.165, 1.54) is 15.7 Å². The Morgan fingerprint density at radius 3 is 2.53 bits per heavy atom. The molecular weight excluding hydrogens is 394 g/mol. The van der Waals surface area contributed by atoms with Gasteiger partial charge in [-0.1, -0.05) is 67.9 Å². The minimum Gasteiger partial charge on any atom is -0.489 e. The van der Waals surface area contributed by atoms with Crippen LogP contribution in [0.4, 0.5) is 4.79 Å². The molecule has 0 bridgehead atoms. The number of imide groups is 1. The zero-order valence-electron chi connectivity index (χ0n) is 16.8. The molecule has 152 valence electrons. The average Bonchev–Trinajstić information content (AvgIpc) is 3.04. The Kier molecular flexibility index (Phi) is 6.19. The lowest BCUT2D eigenvalue weighted by Gasteiger charge is -2.10. The van der Waals surface area contributed by atoms with Gasteiger partial charge in [0.1, 0.15) is 12.4 Å². The topological polar surface area (TPSA) is 46.6 Å². The SMILES string of the molecule is CCCCN1C(=O)S/C(=C\c2ccc(OCc3cccc4ccccc34)cc2)C1=O. The highest BCUT2D eigenvalue weighted by Gasteiger charge is 2.34. The van der Waals surface area contributed by atoms with Crippen LogP contribution in [0, 0.1) is 0 Å². The van der Waals surface area contributed by atoms with Crippen LogP contribution in [0.25, 0.3) is 16.8 Å². The largest absolute Gasteiger partial charge is 0.489 e. The van der Waals surface area contributed by atoms with Crippen molar-refractivity contribution >= 4 is 39.8 Å². The highest BCUT2D eigenvalue weighted by atomic mass is 32.2. The van der Waals surface area contributed by atoms with Crippen LogP contribution < -0.4 is 4.74 Å². The summed E-state index contributed by atoms with van der Waals surface area (Å²) < 4.78 is 5.97. The molecule has 0 saturated carbocycles. The molecule has 1 saturated heterocycles. The summed E-state index contributed by atoms with van der Waals surface area (Å²) in [6, 6.07) is 22.0. The van der Waals surface area contributed by atoms with E-state index in [2.05, 4.69) is 24.3 Å². The molecule has 0 aromatic heterocycles. The Morgan fingerprint density at radius 1 is 0.967 bits per heavy atom. The van der Waals surface area contributed by atoms with Gasteiger partial charge in [-0.25, -0.2) is 0 Å². The van der Waals surface area contributed by atoms with Gasteiger partial charge in [0.25, 0.3) is 11.1 Å². The number of thioether (sulfide) groups is 1. The van der Waals surface area contributed by atoms with Crippen molar-refractivity contribution in [3.63, 3.8) is 0 Å². The first-order valence-electron chi connectivity index (χ1n) is 10.1. The molecule has 1 aliphatic heterocycles. The number of hydrogen-bond donors (Lipinski definition) is 0. The van der Waals surface area contributed by atoms with E-state index in [0.29, 0.717) is 18.1 Å². The molecule has 4 nitrogen and oxygen atoms in total. The molecular formula is C25H23NO3S. The first kappa shape index (κ1) is 20.2. The van der Waals surface area contributed by atoms with Gasteiger partial charge in [0.2, 0.25) is 0 Å². The van der Waals surface area contributed by atoms with Gasteiger partial charge in [-0.15, -0.1) is 0 Å². The number of benzene rings is 3. The predicted molar refractivity (Wildman–Crippen MR) is 122 cm³/mol. The Morgan fingerprint density at radius 2 is 1.73 bits per heavy atom.